The van der Waals surface area contributed by atoms with Gasteiger partial charge in [-0.3, -0.25) is 0 Å². The zero-order chi connectivity index (χ0) is 13.0. The summed E-state index contributed by atoms with van der Waals surface area (Å²) in [6, 6.07) is 6.58. The largest absolute Gasteiger partial charge is 0.388 e. The zero-order valence-electron chi connectivity index (χ0n) is 11.6. The normalized spacial score (nSPS) is 21.8. The minimum absolute atomic E-state index is 0.306. The fourth-order valence-electron chi connectivity index (χ4n) is 2.86. The van der Waals surface area contributed by atoms with Gasteiger partial charge in [0.05, 0.1) is 6.10 Å². The quantitative estimate of drug-likeness (QED) is 0.857. The molecule has 0 aliphatic carbocycles. The van der Waals surface area contributed by atoms with Gasteiger partial charge in [-0.1, -0.05) is 32.0 Å². The standard InChI is InChI=1S/C16H25NO/c1-3-12-7-8-13(4-2)15(10-12)16(18)14-6-5-9-17-11-14/h7-8,10,14,16-18H,3-6,9,11H2,1-2H3. The van der Waals surface area contributed by atoms with Crippen molar-refractivity contribution in [3.63, 3.8) is 0 Å². The molecule has 18 heavy (non-hydrogen) atoms. The first-order valence-electron chi connectivity index (χ1n) is 7.26. The molecule has 100 valence electrons. The van der Waals surface area contributed by atoms with Crippen LogP contribution in [0.25, 0.3) is 0 Å². The Morgan fingerprint density at radius 2 is 2.17 bits per heavy atom. The predicted molar refractivity (Wildman–Crippen MR) is 75.8 cm³/mol. The topological polar surface area (TPSA) is 32.3 Å². The number of piperidine rings is 1. The molecule has 2 unspecified atom stereocenters. The molecule has 0 saturated carbocycles. The fraction of sp³-hybridized carbons (Fsp3) is 0.625. The molecule has 1 saturated heterocycles. The third kappa shape index (κ3) is 2.93. The zero-order valence-corrected chi connectivity index (χ0v) is 11.6. The number of aliphatic hydroxyl groups is 1. The first-order valence-corrected chi connectivity index (χ1v) is 7.26. The summed E-state index contributed by atoms with van der Waals surface area (Å²) in [6.07, 6.45) is 4.03. The third-order valence-corrected chi connectivity index (χ3v) is 4.10. The SMILES string of the molecule is CCc1ccc(CC)c(C(O)C2CCCNC2)c1. The number of benzene rings is 1. The molecular weight excluding hydrogens is 222 g/mol. The van der Waals surface area contributed by atoms with E-state index >= 15 is 0 Å². The second-order valence-electron chi connectivity index (χ2n) is 5.29. The summed E-state index contributed by atoms with van der Waals surface area (Å²) >= 11 is 0. The van der Waals surface area contributed by atoms with Gasteiger partial charge in [0.15, 0.2) is 0 Å². The van der Waals surface area contributed by atoms with E-state index in [0.717, 1.165) is 37.9 Å². The number of aryl methyl sites for hydroxylation is 2. The Balaban J connectivity index is 2.23. The summed E-state index contributed by atoms with van der Waals surface area (Å²) in [7, 11) is 0. The van der Waals surface area contributed by atoms with E-state index in [0.29, 0.717) is 5.92 Å². The minimum Gasteiger partial charge on any atom is -0.388 e. The molecule has 2 heteroatoms. The van der Waals surface area contributed by atoms with Crippen molar-refractivity contribution in [1.29, 1.82) is 0 Å². The molecule has 0 amide bonds. The maximum absolute atomic E-state index is 10.6. The van der Waals surface area contributed by atoms with E-state index in [1.807, 2.05) is 0 Å². The number of hydrogen-bond acceptors (Lipinski definition) is 2. The number of aliphatic hydroxyl groups excluding tert-OH is 1. The van der Waals surface area contributed by atoms with Gasteiger partial charge in [0.25, 0.3) is 0 Å². The van der Waals surface area contributed by atoms with E-state index in [-0.39, 0.29) is 6.10 Å². The molecule has 0 radical (unpaired) electrons. The van der Waals surface area contributed by atoms with Gasteiger partial charge in [-0.15, -0.1) is 0 Å². The lowest BCUT2D eigenvalue weighted by atomic mass is 9.86. The molecule has 2 rings (SSSR count). The van der Waals surface area contributed by atoms with E-state index in [9.17, 15) is 5.11 Å². The van der Waals surface area contributed by atoms with Crippen LogP contribution in [-0.2, 0) is 12.8 Å². The first kappa shape index (κ1) is 13.6. The number of nitrogens with one attached hydrogen (secondary N) is 1. The smallest absolute Gasteiger partial charge is 0.0833 e. The highest BCUT2D eigenvalue weighted by Gasteiger charge is 2.24. The average molecular weight is 247 g/mol. The molecule has 0 aromatic heterocycles. The van der Waals surface area contributed by atoms with Crippen molar-refractivity contribution < 1.29 is 5.11 Å². The summed E-state index contributed by atoms with van der Waals surface area (Å²) in [5.41, 5.74) is 3.78. The highest BCUT2D eigenvalue weighted by atomic mass is 16.3. The summed E-state index contributed by atoms with van der Waals surface area (Å²) in [5.74, 6) is 0.371. The van der Waals surface area contributed by atoms with Gasteiger partial charge in [-0.05, 0) is 48.9 Å². The summed E-state index contributed by atoms with van der Waals surface area (Å²) in [6.45, 7) is 6.37. The van der Waals surface area contributed by atoms with Crippen LogP contribution in [0.3, 0.4) is 0 Å². The molecule has 1 aromatic rings. The molecule has 1 aliphatic rings. The summed E-state index contributed by atoms with van der Waals surface area (Å²) in [5, 5.41) is 14.0. The average Bonchev–Trinajstić information content (AvgIpc) is 2.46. The van der Waals surface area contributed by atoms with Crippen molar-refractivity contribution in [1.82, 2.24) is 5.32 Å². The second-order valence-corrected chi connectivity index (χ2v) is 5.29. The first-order chi connectivity index (χ1) is 8.76. The maximum Gasteiger partial charge on any atom is 0.0833 e. The monoisotopic (exact) mass is 247 g/mol. The van der Waals surface area contributed by atoms with Crippen molar-refractivity contribution >= 4 is 0 Å². The molecule has 1 aliphatic heterocycles. The van der Waals surface area contributed by atoms with Crippen LogP contribution in [0.2, 0.25) is 0 Å². The van der Waals surface area contributed by atoms with Crippen molar-refractivity contribution in [2.45, 2.75) is 45.6 Å². The lowest BCUT2D eigenvalue weighted by Gasteiger charge is -2.29. The van der Waals surface area contributed by atoms with Gasteiger partial charge in [0, 0.05) is 12.5 Å². The van der Waals surface area contributed by atoms with E-state index in [4.69, 9.17) is 0 Å². The molecule has 1 heterocycles. The summed E-state index contributed by atoms with van der Waals surface area (Å²) in [4.78, 5) is 0. The van der Waals surface area contributed by atoms with Gasteiger partial charge in [0.1, 0.15) is 0 Å². The molecular formula is C16H25NO. The van der Waals surface area contributed by atoms with Crippen molar-refractivity contribution in [3.8, 4) is 0 Å². The molecule has 2 N–H and O–H groups in total. The Morgan fingerprint density at radius 3 is 2.78 bits per heavy atom. The molecule has 0 spiro atoms. The Hall–Kier alpha value is -0.860. The lowest BCUT2D eigenvalue weighted by molar-refractivity contribution is 0.0913. The highest BCUT2D eigenvalue weighted by Crippen LogP contribution is 2.30. The van der Waals surface area contributed by atoms with Gasteiger partial charge in [0.2, 0.25) is 0 Å². The van der Waals surface area contributed by atoms with Crippen LogP contribution in [0.1, 0.15) is 49.5 Å². The van der Waals surface area contributed by atoms with Gasteiger partial charge >= 0.3 is 0 Å². The van der Waals surface area contributed by atoms with Crippen LogP contribution in [0.5, 0.6) is 0 Å². The van der Waals surface area contributed by atoms with Crippen LogP contribution in [0, 0.1) is 5.92 Å². The Labute approximate surface area is 110 Å². The van der Waals surface area contributed by atoms with Gasteiger partial charge in [-0.2, -0.15) is 0 Å². The van der Waals surface area contributed by atoms with Gasteiger partial charge in [-0.25, -0.2) is 0 Å². The summed E-state index contributed by atoms with van der Waals surface area (Å²) < 4.78 is 0. The van der Waals surface area contributed by atoms with E-state index in [1.165, 1.54) is 17.5 Å². The Kier molecular flexibility index (Phi) is 4.79. The maximum atomic E-state index is 10.6. The van der Waals surface area contributed by atoms with Crippen LogP contribution < -0.4 is 5.32 Å². The molecule has 1 fully saturated rings. The van der Waals surface area contributed by atoms with Crippen LogP contribution in [-0.4, -0.2) is 18.2 Å². The predicted octanol–water partition coefficient (Wildman–Crippen LogP) is 2.84. The van der Waals surface area contributed by atoms with Crippen molar-refractivity contribution in [2.75, 3.05) is 13.1 Å². The van der Waals surface area contributed by atoms with E-state index in [1.54, 1.807) is 0 Å². The Morgan fingerprint density at radius 1 is 1.33 bits per heavy atom. The van der Waals surface area contributed by atoms with E-state index in [2.05, 4.69) is 37.4 Å². The second kappa shape index (κ2) is 6.35. The Bertz CT molecular complexity index is 383. The fourth-order valence-corrected chi connectivity index (χ4v) is 2.86. The lowest BCUT2D eigenvalue weighted by Crippen LogP contribution is -2.33. The van der Waals surface area contributed by atoms with Crippen LogP contribution in [0.4, 0.5) is 0 Å². The van der Waals surface area contributed by atoms with Crippen LogP contribution in [0.15, 0.2) is 18.2 Å². The number of hydrogen-bond donors (Lipinski definition) is 2. The molecule has 2 nitrogen and oxygen atoms in total. The molecule has 2 atom stereocenters. The molecule has 1 aromatic carbocycles. The van der Waals surface area contributed by atoms with Crippen molar-refractivity contribution in [3.05, 3.63) is 34.9 Å². The molecule has 0 bridgehead atoms. The minimum atomic E-state index is -0.306. The van der Waals surface area contributed by atoms with Crippen LogP contribution >= 0.6 is 0 Å². The van der Waals surface area contributed by atoms with Gasteiger partial charge < -0.3 is 10.4 Å². The van der Waals surface area contributed by atoms with E-state index < -0.39 is 0 Å². The third-order valence-electron chi connectivity index (χ3n) is 4.10. The highest BCUT2D eigenvalue weighted by molar-refractivity contribution is 5.34. The van der Waals surface area contributed by atoms with Crippen molar-refractivity contribution in [2.24, 2.45) is 5.92 Å². The number of rotatable bonds is 4.